The lowest BCUT2D eigenvalue weighted by atomic mass is 10.0. The molecule has 2 aromatic carbocycles. The molecule has 0 N–H and O–H groups in total. The van der Waals surface area contributed by atoms with Gasteiger partial charge in [0.2, 0.25) is 0 Å². The molecule has 0 amide bonds. The Morgan fingerprint density at radius 3 is 2.47 bits per heavy atom. The molecular weight excluding hydrogens is 391 g/mol. The van der Waals surface area contributed by atoms with Gasteiger partial charge in [-0.15, -0.1) is 0 Å². The third kappa shape index (κ3) is 3.98. The summed E-state index contributed by atoms with van der Waals surface area (Å²) in [5.74, 6) is 0.888. The fourth-order valence-corrected chi connectivity index (χ4v) is 3.12. The zero-order valence-electron chi connectivity index (χ0n) is 10.4. The van der Waals surface area contributed by atoms with Gasteiger partial charge in [0.1, 0.15) is 5.75 Å². The minimum atomic E-state index is 0.195. The molecule has 0 aliphatic rings. The molecule has 0 bridgehead atoms. The molecule has 0 aromatic heterocycles. The van der Waals surface area contributed by atoms with Crippen LogP contribution in [-0.4, -0.2) is 7.11 Å². The minimum absolute atomic E-state index is 0.195. The van der Waals surface area contributed by atoms with Gasteiger partial charge in [-0.2, -0.15) is 0 Å². The predicted molar refractivity (Wildman–Crippen MR) is 87.5 cm³/mol. The molecule has 0 saturated heterocycles. The Morgan fingerprint density at radius 1 is 1.16 bits per heavy atom. The lowest BCUT2D eigenvalue weighted by Gasteiger charge is -2.15. The summed E-state index contributed by atoms with van der Waals surface area (Å²) in [5.41, 5.74) is 2.36. The summed E-state index contributed by atoms with van der Waals surface area (Å²) in [5, 5.41) is 0.759. The highest BCUT2D eigenvalue weighted by atomic mass is 79.9. The van der Waals surface area contributed by atoms with Crippen molar-refractivity contribution in [1.82, 2.24) is 0 Å². The van der Waals surface area contributed by atoms with Gasteiger partial charge in [0.15, 0.2) is 0 Å². The van der Waals surface area contributed by atoms with Crippen molar-refractivity contribution >= 4 is 43.5 Å². The second-order valence-corrected chi connectivity index (χ2v) is 6.64. The molecule has 0 aliphatic heterocycles. The highest BCUT2D eigenvalue weighted by Crippen LogP contribution is 2.35. The standard InChI is InChI=1S/C15H13Br2ClO/c1-19-15-7-4-11(16)9-13(15)14(17)8-10-2-5-12(18)6-3-10/h2-7,9,14H,8H2,1H3. The molecule has 0 fully saturated rings. The van der Waals surface area contributed by atoms with Gasteiger partial charge >= 0.3 is 0 Å². The molecule has 4 heteroatoms. The first-order valence-electron chi connectivity index (χ1n) is 5.82. The Balaban J connectivity index is 2.21. The van der Waals surface area contributed by atoms with Gasteiger partial charge in [-0.1, -0.05) is 55.6 Å². The maximum atomic E-state index is 5.90. The first-order valence-corrected chi connectivity index (χ1v) is 7.91. The number of methoxy groups -OCH3 is 1. The SMILES string of the molecule is COc1ccc(Br)cc1C(Br)Cc1ccc(Cl)cc1. The average molecular weight is 405 g/mol. The quantitative estimate of drug-likeness (QED) is 0.586. The summed E-state index contributed by atoms with van der Waals surface area (Å²) in [6.07, 6.45) is 0.879. The van der Waals surface area contributed by atoms with Crippen LogP contribution in [0, 0.1) is 0 Å². The van der Waals surface area contributed by atoms with E-state index in [9.17, 15) is 0 Å². The molecule has 1 atom stereocenters. The van der Waals surface area contributed by atoms with Crippen LogP contribution in [0.4, 0.5) is 0 Å². The molecule has 0 radical (unpaired) electrons. The Bertz CT molecular complexity index is 555. The number of benzene rings is 2. The Hall–Kier alpha value is -0.510. The molecule has 2 rings (SSSR count). The number of hydrogen-bond donors (Lipinski definition) is 0. The lowest BCUT2D eigenvalue weighted by Crippen LogP contribution is -1.99. The topological polar surface area (TPSA) is 9.23 Å². The van der Waals surface area contributed by atoms with E-state index in [-0.39, 0.29) is 4.83 Å². The van der Waals surface area contributed by atoms with E-state index >= 15 is 0 Å². The van der Waals surface area contributed by atoms with E-state index in [1.807, 2.05) is 36.4 Å². The van der Waals surface area contributed by atoms with Crippen LogP contribution in [0.2, 0.25) is 5.02 Å². The highest BCUT2D eigenvalue weighted by Gasteiger charge is 2.14. The van der Waals surface area contributed by atoms with Gasteiger partial charge in [-0.05, 0) is 42.3 Å². The molecule has 0 saturated carbocycles. The van der Waals surface area contributed by atoms with E-state index in [0.717, 1.165) is 27.2 Å². The van der Waals surface area contributed by atoms with Crippen LogP contribution < -0.4 is 4.74 Å². The number of hydrogen-bond acceptors (Lipinski definition) is 1. The van der Waals surface area contributed by atoms with Crippen LogP contribution in [0.5, 0.6) is 5.75 Å². The van der Waals surface area contributed by atoms with Crippen molar-refractivity contribution in [3.8, 4) is 5.75 Å². The normalized spacial score (nSPS) is 12.2. The van der Waals surface area contributed by atoms with Crippen molar-refractivity contribution in [2.45, 2.75) is 11.2 Å². The summed E-state index contributed by atoms with van der Waals surface area (Å²) < 4.78 is 6.45. The summed E-state index contributed by atoms with van der Waals surface area (Å²) in [6, 6.07) is 13.9. The third-order valence-corrected chi connectivity index (χ3v) is 4.42. The number of rotatable bonds is 4. The van der Waals surface area contributed by atoms with Crippen molar-refractivity contribution in [1.29, 1.82) is 0 Å². The number of halogens is 3. The molecule has 2 aromatic rings. The summed E-state index contributed by atoms with van der Waals surface area (Å²) in [7, 11) is 1.69. The van der Waals surface area contributed by atoms with E-state index in [4.69, 9.17) is 16.3 Å². The van der Waals surface area contributed by atoms with E-state index < -0.39 is 0 Å². The fourth-order valence-electron chi connectivity index (χ4n) is 1.89. The molecule has 19 heavy (non-hydrogen) atoms. The van der Waals surface area contributed by atoms with E-state index in [1.165, 1.54) is 5.56 Å². The van der Waals surface area contributed by atoms with Gasteiger partial charge in [-0.3, -0.25) is 0 Å². The van der Waals surface area contributed by atoms with Crippen LogP contribution >= 0.6 is 43.5 Å². The van der Waals surface area contributed by atoms with E-state index in [2.05, 4.69) is 37.9 Å². The molecule has 0 heterocycles. The van der Waals surface area contributed by atoms with Crippen molar-refractivity contribution < 1.29 is 4.74 Å². The van der Waals surface area contributed by atoms with Gasteiger partial charge in [0, 0.05) is 19.9 Å². The maximum absolute atomic E-state index is 5.90. The molecule has 0 aliphatic carbocycles. The highest BCUT2D eigenvalue weighted by molar-refractivity contribution is 9.10. The zero-order chi connectivity index (χ0) is 13.8. The first kappa shape index (κ1) is 14.9. The Labute approximate surface area is 135 Å². The van der Waals surface area contributed by atoms with E-state index in [0.29, 0.717) is 0 Å². The van der Waals surface area contributed by atoms with Crippen LogP contribution in [-0.2, 0) is 6.42 Å². The van der Waals surface area contributed by atoms with Gasteiger partial charge < -0.3 is 4.74 Å². The van der Waals surface area contributed by atoms with Gasteiger partial charge in [0.05, 0.1) is 7.11 Å². The number of alkyl halides is 1. The summed E-state index contributed by atoms with van der Waals surface area (Å²) >= 11 is 13.1. The van der Waals surface area contributed by atoms with Crippen LogP contribution in [0.25, 0.3) is 0 Å². The van der Waals surface area contributed by atoms with Crippen molar-refractivity contribution in [2.75, 3.05) is 7.11 Å². The summed E-state index contributed by atoms with van der Waals surface area (Å²) in [4.78, 5) is 0.195. The van der Waals surface area contributed by atoms with Crippen molar-refractivity contribution in [3.63, 3.8) is 0 Å². The van der Waals surface area contributed by atoms with Crippen molar-refractivity contribution in [2.24, 2.45) is 0 Å². The predicted octanol–water partition coefficient (Wildman–Crippen LogP) is 5.79. The second kappa shape index (κ2) is 6.78. The first-order chi connectivity index (χ1) is 9.10. The fraction of sp³-hybridized carbons (Fsp3) is 0.200. The molecular formula is C15H13Br2ClO. The molecule has 1 nitrogen and oxygen atoms in total. The maximum Gasteiger partial charge on any atom is 0.123 e. The Morgan fingerprint density at radius 2 is 1.84 bits per heavy atom. The second-order valence-electron chi connectivity index (χ2n) is 4.18. The smallest absolute Gasteiger partial charge is 0.123 e. The lowest BCUT2D eigenvalue weighted by molar-refractivity contribution is 0.409. The Kier molecular flexibility index (Phi) is 5.31. The third-order valence-electron chi connectivity index (χ3n) is 2.86. The van der Waals surface area contributed by atoms with Gasteiger partial charge in [0.25, 0.3) is 0 Å². The zero-order valence-corrected chi connectivity index (χ0v) is 14.3. The van der Waals surface area contributed by atoms with Crippen LogP contribution in [0.1, 0.15) is 16.0 Å². The van der Waals surface area contributed by atoms with Gasteiger partial charge in [-0.25, -0.2) is 0 Å². The van der Waals surface area contributed by atoms with Crippen molar-refractivity contribution in [3.05, 3.63) is 63.1 Å². The monoisotopic (exact) mass is 402 g/mol. The molecule has 100 valence electrons. The number of ether oxygens (including phenoxy) is 1. The van der Waals surface area contributed by atoms with Crippen LogP contribution in [0.3, 0.4) is 0 Å². The molecule has 1 unspecified atom stereocenters. The summed E-state index contributed by atoms with van der Waals surface area (Å²) in [6.45, 7) is 0. The average Bonchev–Trinajstić information content (AvgIpc) is 2.41. The van der Waals surface area contributed by atoms with Crippen LogP contribution in [0.15, 0.2) is 46.9 Å². The largest absolute Gasteiger partial charge is 0.496 e. The van der Waals surface area contributed by atoms with E-state index in [1.54, 1.807) is 7.11 Å². The molecule has 0 spiro atoms. The minimum Gasteiger partial charge on any atom is -0.496 e.